The monoisotopic (exact) mass is 358 g/mol. The molecular weight excluding hydrogens is 336 g/mol. The summed E-state index contributed by atoms with van der Waals surface area (Å²) in [7, 11) is 1.61. The number of hydrogen-bond donors (Lipinski definition) is 2. The van der Waals surface area contributed by atoms with Gasteiger partial charge in [0, 0.05) is 44.5 Å². The molecule has 1 saturated heterocycles. The van der Waals surface area contributed by atoms with E-state index >= 15 is 0 Å². The van der Waals surface area contributed by atoms with E-state index in [9.17, 15) is 14.4 Å². The molecule has 2 N–H and O–H groups in total. The van der Waals surface area contributed by atoms with Gasteiger partial charge in [-0.15, -0.1) is 0 Å². The lowest BCUT2D eigenvalue weighted by atomic mass is 10.1. The molecule has 0 bridgehead atoms. The first-order chi connectivity index (χ1) is 12.4. The van der Waals surface area contributed by atoms with Gasteiger partial charge >= 0.3 is 0 Å². The summed E-state index contributed by atoms with van der Waals surface area (Å²) in [5.41, 5.74) is 0.737. The quantitative estimate of drug-likeness (QED) is 0.735. The fourth-order valence-electron chi connectivity index (χ4n) is 3.00. The Labute approximate surface area is 150 Å². The van der Waals surface area contributed by atoms with Crippen LogP contribution in [-0.4, -0.2) is 45.3 Å². The number of amides is 1. The molecule has 0 aliphatic carbocycles. The Kier molecular flexibility index (Phi) is 5.15. The predicted molar refractivity (Wildman–Crippen MR) is 96.1 cm³/mol. The zero-order chi connectivity index (χ0) is 18.7. The van der Waals surface area contributed by atoms with Gasteiger partial charge in [-0.3, -0.25) is 14.4 Å². The number of anilines is 1. The molecule has 0 saturated carbocycles. The summed E-state index contributed by atoms with van der Waals surface area (Å²) in [6.45, 7) is 3.79. The highest BCUT2D eigenvalue weighted by molar-refractivity contribution is 5.78. The number of nitrogens with one attached hydrogen (secondary N) is 2. The molecule has 0 radical (unpaired) electrons. The second kappa shape index (κ2) is 7.51. The van der Waals surface area contributed by atoms with Gasteiger partial charge in [-0.05, 0) is 19.3 Å². The first-order valence-electron chi connectivity index (χ1n) is 8.52. The van der Waals surface area contributed by atoms with Crippen molar-refractivity contribution in [3.8, 4) is 0 Å². The van der Waals surface area contributed by atoms with Crippen molar-refractivity contribution in [1.29, 1.82) is 0 Å². The molecule has 3 rings (SSSR count). The van der Waals surface area contributed by atoms with Crippen LogP contribution >= 0.6 is 0 Å². The van der Waals surface area contributed by atoms with Crippen LogP contribution < -0.4 is 21.3 Å². The Morgan fingerprint density at radius 2 is 2.19 bits per heavy atom. The van der Waals surface area contributed by atoms with E-state index in [2.05, 4.69) is 25.3 Å². The average molecular weight is 358 g/mol. The van der Waals surface area contributed by atoms with Crippen LogP contribution in [0.2, 0.25) is 0 Å². The van der Waals surface area contributed by atoms with E-state index in [0.717, 1.165) is 25.2 Å². The number of aromatic nitrogens is 4. The lowest BCUT2D eigenvalue weighted by Gasteiger charge is -2.18. The van der Waals surface area contributed by atoms with Crippen molar-refractivity contribution in [2.45, 2.75) is 19.8 Å². The Morgan fingerprint density at radius 1 is 1.38 bits per heavy atom. The van der Waals surface area contributed by atoms with Gasteiger partial charge < -0.3 is 15.2 Å². The molecule has 9 nitrogen and oxygen atoms in total. The van der Waals surface area contributed by atoms with Gasteiger partial charge in [-0.1, -0.05) is 0 Å². The number of carbonyl (C=O) groups excluding carboxylic acids is 1. The minimum atomic E-state index is -0.280. The second-order valence-corrected chi connectivity index (χ2v) is 6.58. The van der Waals surface area contributed by atoms with E-state index in [0.29, 0.717) is 17.9 Å². The Morgan fingerprint density at radius 3 is 2.92 bits per heavy atom. The lowest BCUT2D eigenvalue weighted by molar-refractivity contribution is -0.120. The summed E-state index contributed by atoms with van der Waals surface area (Å²) < 4.78 is 1.29. The summed E-state index contributed by atoms with van der Waals surface area (Å²) in [6.07, 6.45) is 4.05. The van der Waals surface area contributed by atoms with Gasteiger partial charge in [0.2, 0.25) is 5.91 Å². The maximum absolute atomic E-state index is 12.1. The number of aromatic amines is 1. The maximum atomic E-state index is 12.1. The number of rotatable bonds is 5. The van der Waals surface area contributed by atoms with E-state index in [1.54, 1.807) is 26.2 Å². The molecule has 1 fully saturated rings. The summed E-state index contributed by atoms with van der Waals surface area (Å²) in [5.74, 6) is 0.614. The van der Waals surface area contributed by atoms with E-state index in [-0.39, 0.29) is 29.4 Å². The van der Waals surface area contributed by atoms with Crippen LogP contribution in [0.3, 0.4) is 0 Å². The van der Waals surface area contributed by atoms with Gasteiger partial charge in [0.05, 0.1) is 18.3 Å². The van der Waals surface area contributed by atoms with Crippen molar-refractivity contribution in [3.05, 3.63) is 50.6 Å². The number of aryl methyl sites for hydroxylation is 2. The molecule has 3 heterocycles. The highest BCUT2D eigenvalue weighted by Gasteiger charge is 2.23. The van der Waals surface area contributed by atoms with E-state index in [1.165, 1.54) is 10.9 Å². The molecule has 9 heteroatoms. The Bertz CT molecular complexity index is 919. The molecular formula is C17H22N6O3. The molecule has 0 unspecified atom stereocenters. The smallest absolute Gasteiger partial charge is 0.268 e. The number of H-pyrrole nitrogens is 1. The number of carbonyl (C=O) groups is 1. The number of nitrogens with zero attached hydrogens (tertiary/aromatic N) is 4. The zero-order valence-corrected chi connectivity index (χ0v) is 14.9. The molecule has 138 valence electrons. The van der Waals surface area contributed by atoms with Crippen LogP contribution in [-0.2, 0) is 18.3 Å². The first kappa shape index (κ1) is 17.8. The molecule has 2 aromatic rings. The Hall–Kier alpha value is -2.97. The zero-order valence-electron chi connectivity index (χ0n) is 14.9. The molecule has 26 heavy (non-hydrogen) atoms. The minimum absolute atomic E-state index is 0.0116. The van der Waals surface area contributed by atoms with Crippen molar-refractivity contribution in [2.24, 2.45) is 13.0 Å². The number of hydrogen-bond acceptors (Lipinski definition) is 6. The molecule has 0 spiro atoms. The summed E-state index contributed by atoms with van der Waals surface area (Å²) in [4.78, 5) is 44.2. The van der Waals surface area contributed by atoms with Gasteiger partial charge in [0.1, 0.15) is 5.82 Å². The third kappa shape index (κ3) is 4.16. The van der Waals surface area contributed by atoms with Crippen molar-refractivity contribution in [1.82, 2.24) is 25.1 Å². The molecule has 1 aliphatic heterocycles. The van der Waals surface area contributed by atoms with Crippen LogP contribution in [0.5, 0.6) is 0 Å². The minimum Gasteiger partial charge on any atom is -0.370 e. The fraction of sp³-hybridized carbons (Fsp3) is 0.471. The van der Waals surface area contributed by atoms with E-state index in [4.69, 9.17) is 0 Å². The summed E-state index contributed by atoms with van der Waals surface area (Å²) in [6, 6.07) is 1.57. The van der Waals surface area contributed by atoms with Gasteiger partial charge in [-0.25, -0.2) is 9.67 Å². The third-order valence-corrected chi connectivity index (χ3v) is 4.54. The van der Waals surface area contributed by atoms with Crippen molar-refractivity contribution in [3.63, 3.8) is 0 Å². The topological polar surface area (TPSA) is 113 Å². The van der Waals surface area contributed by atoms with Gasteiger partial charge in [-0.2, -0.15) is 5.10 Å². The van der Waals surface area contributed by atoms with Crippen LogP contribution in [0.4, 0.5) is 5.69 Å². The first-order valence-corrected chi connectivity index (χ1v) is 8.52. The van der Waals surface area contributed by atoms with Crippen LogP contribution in [0, 0.1) is 12.8 Å². The Balaban J connectivity index is 1.51. The lowest BCUT2D eigenvalue weighted by Crippen LogP contribution is -2.33. The molecule has 2 aromatic heterocycles. The van der Waals surface area contributed by atoms with Gasteiger partial charge in [0.25, 0.3) is 11.1 Å². The highest BCUT2D eigenvalue weighted by atomic mass is 16.2. The largest absolute Gasteiger partial charge is 0.370 e. The predicted octanol–water partition coefficient (Wildman–Crippen LogP) is -0.643. The van der Waals surface area contributed by atoms with E-state index < -0.39 is 0 Å². The van der Waals surface area contributed by atoms with Crippen molar-refractivity contribution in [2.75, 3.05) is 24.5 Å². The van der Waals surface area contributed by atoms with E-state index in [1.807, 2.05) is 0 Å². The summed E-state index contributed by atoms with van der Waals surface area (Å²) >= 11 is 0. The third-order valence-electron chi connectivity index (χ3n) is 4.54. The second-order valence-electron chi connectivity index (χ2n) is 6.58. The molecule has 0 aromatic carbocycles. The highest BCUT2D eigenvalue weighted by Crippen LogP contribution is 2.21. The average Bonchev–Trinajstić information content (AvgIpc) is 3.07. The van der Waals surface area contributed by atoms with Crippen LogP contribution in [0.1, 0.15) is 17.8 Å². The summed E-state index contributed by atoms with van der Waals surface area (Å²) in [5, 5.41) is 6.92. The molecule has 1 amide bonds. The normalized spacial score (nSPS) is 16.7. The van der Waals surface area contributed by atoms with Crippen molar-refractivity contribution < 1.29 is 4.79 Å². The molecule has 1 atom stereocenters. The van der Waals surface area contributed by atoms with Gasteiger partial charge in [0.15, 0.2) is 0 Å². The van der Waals surface area contributed by atoms with Crippen molar-refractivity contribution >= 4 is 11.6 Å². The standard InChI is InChI=1S/C17H22N6O3/c1-11-18-8-13(17(26)21-11)5-15(24)19-7-12-3-4-23(10-12)14-6-16(25)22(2)20-9-14/h6,8-9,12H,3-5,7,10H2,1-2H3,(H,19,24)(H,18,21,26)/t12-/m0/s1. The molecule has 1 aliphatic rings. The van der Waals surface area contributed by atoms with Crippen LogP contribution in [0.15, 0.2) is 28.0 Å². The fourth-order valence-corrected chi connectivity index (χ4v) is 3.00. The van der Waals surface area contributed by atoms with Crippen LogP contribution in [0.25, 0.3) is 0 Å². The maximum Gasteiger partial charge on any atom is 0.268 e. The SMILES string of the molecule is Cc1ncc(CC(=O)NC[C@@H]2CCN(c3cnn(C)c(=O)c3)C2)c(=O)[nH]1.